The molecule has 0 aromatic heterocycles. The Kier molecular flexibility index (Phi) is 5.41. The molecule has 1 heterocycles. The first-order chi connectivity index (χ1) is 10.2. The molecule has 0 radical (unpaired) electrons. The van der Waals surface area contributed by atoms with E-state index < -0.39 is 15.7 Å². The summed E-state index contributed by atoms with van der Waals surface area (Å²) < 4.78 is 23.8. The molecule has 0 aliphatic carbocycles. The lowest BCUT2D eigenvalue weighted by Gasteiger charge is -2.34. The smallest absolute Gasteiger partial charge is 0.239 e. The monoisotopic (exact) mass is 380 g/mol. The second-order valence-electron chi connectivity index (χ2n) is 5.07. The molecule has 1 aromatic rings. The molecule has 1 aromatic carbocycles. The largest absolute Gasteiger partial charge is 0.366 e. The van der Waals surface area contributed by atoms with Crippen LogP contribution in [0, 0.1) is 0 Å². The number of aliphatic hydroxyl groups is 1. The molecule has 1 unspecified atom stereocenters. The Balaban J connectivity index is 2.47. The molecule has 2 rings (SSSR count). The number of nitrogens with two attached hydrogens (primary N) is 1. The van der Waals surface area contributed by atoms with Gasteiger partial charge in [-0.3, -0.25) is 0 Å². The van der Waals surface area contributed by atoms with Gasteiger partial charge in [-0.15, -0.1) is 0 Å². The quantitative estimate of drug-likeness (QED) is 0.762. The van der Waals surface area contributed by atoms with Crippen LogP contribution in [0.5, 0.6) is 0 Å². The maximum Gasteiger partial charge on any atom is 0.239 e. The van der Waals surface area contributed by atoms with Gasteiger partial charge < -0.3 is 10.0 Å². The van der Waals surface area contributed by atoms with Crippen molar-refractivity contribution in [3.8, 4) is 0 Å². The van der Waals surface area contributed by atoms with Crippen molar-refractivity contribution in [1.29, 1.82) is 0 Å². The average Bonchev–Trinajstić information content (AvgIpc) is 2.72. The van der Waals surface area contributed by atoms with Gasteiger partial charge in [-0.25, -0.2) is 13.6 Å². The van der Waals surface area contributed by atoms with Crippen molar-refractivity contribution >= 4 is 49.9 Å². The predicted molar refractivity (Wildman–Crippen MR) is 93.4 cm³/mol. The number of hydrogen-bond acceptors (Lipinski definition) is 5. The standard InChI is InChI=1S/C13H17ClN2O3S3/c1-2-3-6-16-12(20)21-8-13(16,17)9-4-5-10(14)11(7-9)22(15,18)19/h4-5,7,17H,2-3,6,8H2,1H3,(H2,15,18,19). The summed E-state index contributed by atoms with van der Waals surface area (Å²) in [7, 11) is -3.96. The number of nitrogens with zero attached hydrogens (tertiary/aromatic N) is 1. The second-order valence-corrected chi connectivity index (χ2v) is 8.61. The van der Waals surface area contributed by atoms with Crippen LogP contribution < -0.4 is 5.14 Å². The van der Waals surface area contributed by atoms with Gasteiger partial charge in [0, 0.05) is 12.1 Å². The topological polar surface area (TPSA) is 83.6 Å². The van der Waals surface area contributed by atoms with E-state index in [1.54, 1.807) is 11.0 Å². The molecule has 5 nitrogen and oxygen atoms in total. The van der Waals surface area contributed by atoms with Crippen LogP contribution >= 0.6 is 35.6 Å². The van der Waals surface area contributed by atoms with E-state index in [0.717, 1.165) is 12.8 Å². The molecule has 3 N–H and O–H groups in total. The zero-order chi connectivity index (χ0) is 16.5. The number of halogens is 1. The summed E-state index contributed by atoms with van der Waals surface area (Å²) in [6, 6.07) is 4.36. The fraction of sp³-hybridized carbons (Fsp3) is 0.462. The molecule has 0 spiro atoms. The maximum atomic E-state index is 11.6. The molecule has 0 amide bonds. The van der Waals surface area contributed by atoms with E-state index in [1.807, 2.05) is 6.92 Å². The van der Waals surface area contributed by atoms with E-state index in [-0.39, 0.29) is 9.92 Å². The van der Waals surface area contributed by atoms with Gasteiger partial charge in [-0.1, -0.05) is 55.0 Å². The number of thioether (sulfide) groups is 1. The Hall–Kier alpha value is -0.380. The SMILES string of the molecule is CCCCN1C(=S)SCC1(O)c1ccc(Cl)c(S(N)(=O)=O)c1. The van der Waals surface area contributed by atoms with Crippen LogP contribution in [0.4, 0.5) is 0 Å². The number of unbranched alkanes of at least 4 members (excludes halogenated alkanes) is 1. The van der Waals surface area contributed by atoms with Crippen LogP contribution in [0.15, 0.2) is 23.1 Å². The van der Waals surface area contributed by atoms with Crippen LogP contribution in [0.25, 0.3) is 0 Å². The highest BCUT2D eigenvalue weighted by molar-refractivity contribution is 8.23. The molecule has 9 heteroatoms. The van der Waals surface area contributed by atoms with E-state index in [2.05, 4.69) is 0 Å². The summed E-state index contributed by atoms with van der Waals surface area (Å²) in [5, 5.41) is 16.2. The Morgan fingerprint density at radius 1 is 1.55 bits per heavy atom. The maximum absolute atomic E-state index is 11.6. The minimum atomic E-state index is -3.96. The number of thiocarbonyl (C=S) groups is 1. The van der Waals surface area contributed by atoms with Crippen molar-refractivity contribution < 1.29 is 13.5 Å². The van der Waals surface area contributed by atoms with E-state index in [1.165, 1.54) is 23.9 Å². The third kappa shape index (κ3) is 3.42. The number of primary sulfonamides is 1. The minimum absolute atomic E-state index is 0.0307. The first-order valence-electron chi connectivity index (χ1n) is 6.69. The van der Waals surface area contributed by atoms with Gasteiger partial charge >= 0.3 is 0 Å². The molecule has 0 bridgehead atoms. The summed E-state index contributed by atoms with van der Waals surface area (Å²) in [5.74, 6) is 0.335. The first kappa shape index (κ1) is 18.0. The molecule has 1 aliphatic heterocycles. The average molecular weight is 381 g/mol. The van der Waals surface area contributed by atoms with Crippen LogP contribution in [0.2, 0.25) is 5.02 Å². The lowest BCUT2D eigenvalue weighted by molar-refractivity contribution is -0.0471. The van der Waals surface area contributed by atoms with Gasteiger partial charge in [0.25, 0.3) is 0 Å². The van der Waals surface area contributed by atoms with Gasteiger partial charge in [-0.2, -0.15) is 0 Å². The van der Waals surface area contributed by atoms with Crippen LogP contribution in [0.3, 0.4) is 0 Å². The molecule has 1 fully saturated rings. The fourth-order valence-corrected chi connectivity index (χ4v) is 4.81. The highest BCUT2D eigenvalue weighted by Crippen LogP contribution is 2.40. The highest BCUT2D eigenvalue weighted by atomic mass is 35.5. The lowest BCUT2D eigenvalue weighted by atomic mass is 10.0. The molecule has 1 saturated heterocycles. The fourth-order valence-electron chi connectivity index (χ4n) is 2.27. The summed E-state index contributed by atoms with van der Waals surface area (Å²) >= 11 is 12.6. The zero-order valence-electron chi connectivity index (χ0n) is 12.0. The first-order valence-corrected chi connectivity index (χ1v) is 10.0. The van der Waals surface area contributed by atoms with Crippen molar-refractivity contribution in [2.75, 3.05) is 12.3 Å². The molecule has 122 valence electrons. The van der Waals surface area contributed by atoms with E-state index in [4.69, 9.17) is 29.0 Å². The van der Waals surface area contributed by atoms with Crippen molar-refractivity contribution in [2.45, 2.75) is 30.4 Å². The second kappa shape index (κ2) is 6.62. The predicted octanol–water partition coefficient (Wildman–Crippen LogP) is 2.27. The van der Waals surface area contributed by atoms with Gasteiger partial charge in [0.1, 0.15) is 9.22 Å². The minimum Gasteiger partial charge on any atom is -0.366 e. The van der Waals surface area contributed by atoms with Crippen molar-refractivity contribution in [2.24, 2.45) is 5.14 Å². The van der Waals surface area contributed by atoms with Gasteiger partial charge in [-0.05, 0) is 18.6 Å². The van der Waals surface area contributed by atoms with E-state index in [9.17, 15) is 13.5 Å². The summed E-state index contributed by atoms with van der Waals surface area (Å²) in [6.07, 6.45) is 1.83. The normalized spacial score (nSPS) is 22.4. The molecule has 1 atom stereocenters. The van der Waals surface area contributed by atoms with E-state index >= 15 is 0 Å². The Labute approximate surface area is 144 Å². The number of sulfonamides is 1. The molecule has 22 heavy (non-hydrogen) atoms. The Bertz CT molecular complexity index is 696. The highest BCUT2D eigenvalue weighted by Gasteiger charge is 2.44. The number of benzene rings is 1. The zero-order valence-corrected chi connectivity index (χ0v) is 15.2. The molecule has 0 saturated carbocycles. The van der Waals surface area contributed by atoms with Gasteiger partial charge in [0.2, 0.25) is 10.0 Å². The summed E-state index contributed by atoms with van der Waals surface area (Å²) in [5.41, 5.74) is -0.926. The molecule has 1 aliphatic rings. The number of hydrogen-bond donors (Lipinski definition) is 2. The van der Waals surface area contributed by atoms with Crippen molar-refractivity contribution in [1.82, 2.24) is 4.90 Å². The van der Waals surface area contributed by atoms with Crippen molar-refractivity contribution in [3.63, 3.8) is 0 Å². The van der Waals surface area contributed by atoms with Gasteiger partial charge in [0.05, 0.1) is 10.8 Å². The van der Waals surface area contributed by atoms with Crippen molar-refractivity contribution in [3.05, 3.63) is 28.8 Å². The summed E-state index contributed by atoms with van der Waals surface area (Å²) in [4.78, 5) is 1.53. The van der Waals surface area contributed by atoms with E-state index in [0.29, 0.717) is 22.2 Å². The third-order valence-electron chi connectivity index (χ3n) is 3.50. The third-order valence-corrected chi connectivity index (χ3v) is 6.48. The Morgan fingerprint density at radius 3 is 2.82 bits per heavy atom. The molecular formula is C13H17ClN2O3S3. The number of rotatable bonds is 5. The lowest BCUT2D eigenvalue weighted by Crippen LogP contribution is -2.45. The van der Waals surface area contributed by atoms with Gasteiger partial charge in [0.15, 0.2) is 5.72 Å². The van der Waals surface area contributed by atoms with Crippen LogP contribution in [0.1, 0.15) is 25.3 Å². The summed E-state index contributed by atoms with van der Waals surface area (Å²) in [6.45, 7) is 2.65. The molecular weight excluding hydrogens is 364 g/mol. The van der Waals surface area contributed by atoms with Crippen LogP contribution in [-0.2, 0) is 15.7 Å². The Morgan fingerprint density at radius 2 is 2.23 bits per heavy atom. The van der Waals surface area contributed by atoms with Crippen LogP contribution in [-0.4, -0.2) is 35.0 Å².